The maximum absolute atomic E-state index is 14.9. The van der Waals surface area contributed by atoms with Gasteiger partial charge in [0.15, 0.2) is 11.6 Å². The number of anilines is 2. The van der Waals surface area contributed by atoms with Gasteiger partial charge in [-0.15, -0.1) is 0 Å². The first-order chi connectivity index (χ1) is 18.2. The summed E-state index contributed by atoms with van der Waals surface area (Å²) in [6.07, 6.45) is 2.73. The van der Waals surface area contributed by atoms with Crippen LogP contribution < -0.4 is 5.32 Å². The zero-order chi connectivity index (χ0) is 27.0. The maximum Gasteiger partial charge on any atom is 0.237 e. The first-order valence-corrected chi connectivity index (χ1v) is 12.7. The van der Waals surface area contributed by atoms with Crippen molar-refractivity contribution in [3.05, 3.63) is 59.7 Å². The van der Waals surface area contributed by atoms with Gasteiger partial charge in [0.2, 0.25) is 11.9 Å². The predicted molar refractivity (Wildman–Crippen MR) is 141 cm³/mol. The van der Waals surface area contributed by atoms with Crippen molar-refractivity contribution in [1.29, 1.82) is 0 Å². The standard InChI is InChI=1S/C27H30F2N8O/c1-5-35-8-9-36(24(38)15-35)14-18-6-7-23(30-12-18)33-27-31-13-21(29)25(34-27)19-10-20(28)26-22(11-19)37(16(2)3)17(4)32-26/h6-7,10-13,16H,5,8-9,14-15H2,1-4H3,(H,30,31,33,34). The van der Waals surface area contributed by atoms with Crippen molar-refractivity contribution in [2.24, 2.45) is 0 Å². The fraction of sp³-hybridized carbons (Fsp3) is 0.370. The average Bonchev–Trinajstić information content (AvgIpc) is 3.24. The molecule has 1 aromatic carbocycles. The van der Waals surface area contributed by atoms with E-state index in [2.05, 4.69) is 30.2 Å². The van der Waals surface area contributed by atoms with Crippen LogP contribution in [0.25, 0.3) is 22.3 Å². The molecular formula is C27H30F2N8O. The topological polar surface area (TPSA) is 92.1 Å². The highest BCUT2D eigenvalue weighted by Crippen LogP contribution is 2.30. The summed E-state index contributed by atoms with van der Waals surface area (Å²) >= 11 is 0. The van der Waals surface area contributed by atoms with Crippen molar-refractivity contribution in [3.8, 4) is 11.3 Å². The molecule has 0 aliphatic carbocycles. The molecule has 0 saturated carbocycles. The number of aromatic nitrogens is 5. The minimum Gasteiger partial charge on any atom is -0.336 e. The lowest BCUT2D eigenvalue weighted by Crippen LogP contribution is -2.49. The summed E-state index contributed by atoms with van der Waals surface area (Å²) in [6, 6.07) is 6.61. The van der Waals surface area contributed by atoms with Crippen LogP contribution in [0, 0.1) is 18.6 Å². The van der Waals surface area contributed by atoms with Crippen LogP contribution in [-0.2, 0) is 11.3 Å². The Balaban J connectivity index is 1.35. The van der Waals surface area contributed by atoms with Gasteiger partial charge in [-0.1, -0.05) is 13.0 Å². The van der Waals surface area contributed by atoms with Crippen LogP contribution in [0.5, 0.6) is 0 Å². The Labute approximate surface area is 219 Å². The summed E-state index contributed by atoms with van der Waals surface area (Å²) in [5.74, 6) is 0.162. The number of imidazole rings is 1. The van der Waals surface area contributed by atoms with Crippen LogP contribution in [0.3, 0.4) is 0 Å². The van der Waals surface area contributed by atoms with Gasteiger partial charge >= 0.3 is 0 Å². The van der Waals surface area contributed by atoms with Gasteiger partial charge in [-0.05, 0) is 51.1 Å². The number of aryl methyl sites for hydroxylation is 1. The first kappa shape index (κ1) is 25.7. The van der Waals surface area contributed by atoms with Gasteiger partial charge in [0.1, 0.15) is 22.9 Å². The van der Waals surface area contributed by atoms with Crippen LogP contribution in [-0.4, -0.2) is 66.4 Å². The van der Waals surface area contributed by atoms with Gasteiger partial charge < -0.3 is 14.8 Å². The second kappa shape index (κ2) is 10.4. The molecule has 0 unspecified atom stereocenters. The Morgan fingerprint density at radius 1 is 1.05 bits per heavy atom. The molecule has 1 aliphatic rings. The molecule has 1 N–H and O–H groups in total. The summed E-state index contributed by atoms with van der Waals surface area (Å²) in [6.45, 7) is 11.1. The number of halogens is 2. The molecule has 0 radical (unpaired) electrons. The fourth-order valence-corrected chi connectivity index (χ4v) is 4.81. The molecule has 0 bridgehead atoms. The number of likely N-dealkylation sites (N-methyl/N-ethyl adjacent to an activating group) is 1. The third kappa shape index (κ3) is 5.06. The lowest BCUT2D eigenvalue weighted by molar-refractivity contribution is -0.136. The van der Waals surface area contributed by atoms with E-state index in [1.165, 1.54) is 6.07 Å². The van der Waals surface area contributed by atoms with Crippen molar-refractivity contribution in [2.45, 2.75) is 40.3 Å². The van der Waals surface area contributed by atoms with E-state index >= 15 is 0 Å². The number of hydrogen-bond donors (Lipinski definition) is 1. The predicted octanol–water partition coefficient (Wildman–Crippen LogP) is 4.46. The van der Waals surface area contributed by atoms with Crippen LogP contribution in [0.15, 0.2) is 36.7 Å². The summed E-state index contributed by atoms with van der Waals surface area (Å²) in [7, 11) is 0. The third-order valence-electron chi connectivity index (χ3n) is 6.74. The average molecular weight is 521 g/mol. The Hall–Kier alpha value is -3.99. The number of carbonyl (C=O) groups excluding carboxylic acids is 1. The summed E-state index contributed by atoms with van der Waals surface area (Å²) in [5, 5.41) is 2.98. The van der Waals surface area contributed by atoms with E-state index in [4.69, 9.17) is 0 Å². The number of nitrogens with zero attached hydrogens (tertiary/aromatic N) is 7. The largest absolute Gasteiger partial charge is 0.336 e. The highest BCUT2D eigenvalue weighted by atomic mass is 19.1. The van der Waals surface area contributed by atoms with Gasteiger partial charge in [0.05, 0.1) is 18.3 Å². The number of rotatable bonds is 7. The number of benzene rings is 1. The lowest BCUT2D eigenvalue weighted by atomic mass is 10.1. The van der Waals surface area contributed by atoms with E-state index in [9.17, 15) is 13.6 Å². The number of nitrogens with one attached hydrogen (secondary N) is 1. The molecule has 38 heavy (non-hydrogen) atoms. The van der Waals surface area contributed by atoms with Crippen LogP contribution in [0.2, 0.25) is 0 Å². The number of hydrogen-bond acceptors (Lipinski definition) is 7. The highest BCUT2D eigenvalue weighted by molar-refractivity contribution is 5.83. The van der Waals surface area contributed by atoms with Crippen molar-refractivity contribution in [3.63, 3.8) is 0 Å². The van der Waals surface area contributed by atoms with E-state index < -0.39 is 11.6 Å². The summed E-state index contributed by atoms with van der Waals surface area (Å²) in [5.41, 5.74) is 1.97. The molecule has 4 heterocycles. The van der Waals surface area contributed by atoms with Gasteiger partial charge in [-0.2, -0.15) is 0 Å². The molecule has 198 valence electrons. The van der Waals surface area contributed by atoms with E-state index in [-0.39, 0.29) is 34.7 Å². The minimum atomic E-state index is -0.669. The number of pyridine rings is 1. The maximum atomic E-state index is 14.9. The lowest BCUT2D eigenvalue weighted by Gasteiger charge is -2.33. The molecule has 0 atom stereocenters. The molecule has 1 saturated heterocycles. The van der Waals surface area contributed by atoms with E-state index in [1.807, 2.05) is 43.2 Å². The van der Waals surface area contributed by atoms with Gasteiger partial charge in [0, 0.05) is 37.4 Å². The summed E-state index contributed by atoms with van der Waals surface area (Å²) < 4.78 is 31.6. The SMILES string of the molecule is CCN1CCN(Cc2ccc(Nc3ncc(F)c(-c4cc(F)c5nc(C)n(C(C)C)c5c4)n3)nc2)C(=O)C1. The normalized spacial score (nSPS) is 14.6. The van der Waals surface area contributed by atoms with Crippen LogP contribution in [0.4, 0.5) is 20.5 Å². The van der Waals surface area contributed by atoms with Crippen LogP contribution in [0.1, 0.15) is 38.2 Å². The number of fused-ring (bicyclic) bond motifs is 1. The molecular weight excluding hydrogens is 490 g/mol. The van der Waals surface area contributed by atoms with Crippen molar-refractivity contribution in [1.82, 2.24) is 34.3 Å². The van der Waals surface area contributed by atoms with E-state index in [1.54, 1.807) is 18.3 Å². The highest BCUT2D eigenvalue weighted by Gasteiger charge is 2.23. The Bertz CT molecular complexity index is 1480. The van der Waals surface area contributed by atoms with E-state index in [0.717, 1.165) is 24.8 Å². The minimum absolute atomic E-state index is 0.0289. The Kier molecular flexibility index (Phi) is 7.02. The second-order valence-electron chi connectivity index (χ2n) is 9.70. The van der Waals surface area contributed by atoms with Gasteiger partial charge in [-0.3, -0.25) is 9.69 Å². The molecule has 1 aliphatic heterocycles. The smallest absolute Gasteiger partial charge is 0.237 e. The Morgan fingerprint density at radius 2 is 1.87 bits per heavy atom. The van der Waals surface area contributed by atoms with Crippen LogP contribution >= 0.6 is 0 Å². The zero-order valence-corrected chi connectivity index (χ0v) is 21.9. The van der Waals surface area contributed by atoms with Crippen molar-refractivity contribution < 1.29 is 13.6 Å². The fourth-order valence-electron chi connectivity index (χ4n) is 4.81. The molecule has 1 fully saturated rings. The van der Waals surface area contributed by atoms with E-state index in [0.29, 0.717) is 36.8 Å². The Morgan fingerprint density at radius 3 is 2.55 bits per heavy atom. The summed E-state index contributed by atoms with van der Waals surface area (Å²) in [4.78, 5) is 33.4. The number of piperazine rings is 1. The third-order valence-corrected chi connectivity index (χ3v) is 6.74. The number of carbonyl (C=O) groups is 1. The van der Waals surface area contributed by atoms with Gasteiger partial charge in [0.25, 0.3) is 0 Å². The number of amides is 1. The van der Waals surface area contributed by atoms with Gasteiger partial charge in [-0.25, -0.2) is 28.7 Å². The molecule has 3 aromatic heterocycles. The monoisotopic (exact) mass is 520 g/mol. The quantitative estimate of drug-likeness (QED) is 0.385. The first-order valence-electron chi connectivity index (χ1n) is 12.7. The molecule has 0 spiro atoms. The molecule has 4 aromatic rings. The molecule has 5 rings (SSSR count). The molecule has 1 amide bonds. The second-order valence-corrected chi connectivity index (χ2v) is 9.70. The zero-order valence-electron chi connectivity index (χ0n) is 21.9. The molecule has 11 heteroatoms. The van der Waals surface area contributed by atoms with Crippen molar-refractivity contribution >= 4 is 28.7 Å². The van der Waals surface area contributed by atoms with Crippen molar-refractivity contribution in [2.75, 3.05) is 31.5 Å². The molecule has 9 nitrogen and oxygen atoms in total.